The fourth-order valence-corrected chi connectivity index (χ4v) is 8.03. The Kier molecular flexibility index (Phi) is 51.8. The first-order chi connectivity index (χ1) is 32.0. The van der Waals surface area contributed by atoms with Gasteiger partial charge in [0.1, 0.15) is 13.2 Å². The first kappa shape index (κ1) is 62.4. The lowest BCUT2D eigenvalue weighted by Gasteiger charge is -2.18. The maximum absolute atomic E-state index is 12.8. The van der Waals surface area contributed by atoms with Crippen LogP contribution in [-0.4, -0.2) is 37.2 Å². The molecule has 0 aliphatic rings. The van der Waals surface area contributed by atoms with Crippen molar-refractivity contribution < 1.29 is 28.6 Å². The molecule has 1 atom stereocenters. The van der Waals surface area contributed by atoms with Crippen molar-refractivity contribution in [3.05, 3.63) is 48.6 Å². The standard InChI is InChI=1S/C59H106O6/c1-4-7-10-13-16-19-22-25-28-29-32-34-37-40-43-46-49-52-58(61)64-55-56(65-59(62)53-50-47-44-41-38-35-31-27-24-21-18-15-12-9-6-3)54-63-57(60)51-48-45-42-39-36-33-30-26-23-20-17-14-11-8-5-2/h17,20-21,24,26,30,36,39,56H,4-16,18-19,22-23,25,27-29,31-35,37-38,40-55H2,1-3H3/b20-17-,24-21-,30-26-,39-36-. The molecule has 0 spiro atoms. The predicted molar refractivity (Wildman–Crippen MR) is 279 cm³/mol. The summed E-state index contributed by atoms with van der Waals surface area (Å²) in [6, 6.07) is 0. The maximum atomic E-state index is 12.8. The molecule has 0 saturated carbocycles. The Bertz CT molecular complexity index is 1140. The third kappa shape index (κ3) is 52.2. The average molecular weight is 911 g/mol. The summed E-state index contributed by atoms with van der Waals surface area (Å²) in [7, 11) is 0. The SMILES string of the molecule is CCCCC/C=C\C/C=C\C/C=C\CCCCC(=O)OCC(COC(=O)CCCCCCCCCCCCCCCCCCC)OC(=O)CCCCCCCCC/C=C\CCCCCC. The van der Waals surface area contributed by atoms with E-state index in [0.29, 0.717) is 19.3 Å². The van der Waals surface area contributed by atoms with Crippen LogP contribution in [0.3, 0.4) is 0 Å². The van der Waals surface area contributed by atoms with Gasteiger partial charge in [-0.3, -0.25) is 14.4 Å². The smallest absolute Gasteiger partial charge is 0.306 e. The van der Waals surface area contributed by atoms with E-state index in [2.05, 4.69) is 69.4 Å². The Balaban J connectivity index is 4.40. The Labute approximate surface area is 403 Å². The Morgan fingerprint density at radius 3 is 0.954 bits per heavy atom. The Morgan fingerprint density at radius 1 is 0.308 bits per heavy atom. The largest absolute Gasteiger partial charge is 0.462 e. The molecular weight excluding hydrogens is 805 g/mol. The zero-order valence-electron chi connectivity index (χ0n) is 43.3. The number of carbonyl (C=O) groups is 3. The first-order valence-electron chi connectivity index (χ1n) is 28.1. The monoisotopic (exact) mass is 911 g/mol. The van der Waals surface area contributed by atoms with Crippen LogP contribution in [-0.2, 0) is 28.6 Å². The molecule has 0 heterocycles. The van der Waals surface area contributed by atoms with Crippen LogP contribution in [0.5, 0.6) is 0 Å². The van der Waals surface area contributed by atoms with Crippen molar-refractivity contribution in [2.75, 3.05) is 13.2 Å². The molecule has 1 unspecified atom stereocenters. The number of carbonyl (C=O) groups excluding carboxylic acids is 3. The van der Waals surface area contributed by atoms with Gasteiger partial charge in [-0.2, -0.15) is 0 Å². The molecule has 65 heavy (non-hydrogen) atoms. The Morgan fingerprint density at radius 2 is 0.554 bits per heavy atom. The van der Waals surface area contributed by atoms with Gasteiger partial charge in [-0.25, -0.2) is 0 Å². The summed E-state index contributed by atoms with van der Waals surface area (Å²) in [5.41, 5.74) is 0. The fraction of sp³-hybridized carbons (Fsp3) is 0.814. The van der Waals surface area contributed by atoms with Crippen LogP contribution < -0.4 is 0 Å². The summed E-state index contributed by atoms with van der Waals surface area (Å²) in [6.45, 7) is 6.59. The molecule has 0 radical (unpaired) electrons. The van der Waals surface area contributed by atoms with Gasteiger partial charge in [-0.15, -0.1) is 0 Å². The zero-order valence-corrected chi connectivity index (χ0v) is 43.3. The quantitative estimate of drug-likeness (QED) is 0.0262. The molecule has 0 aromatic rings. The number of ether oxygens (including phenoxy) is 3. The molecule has 0 aliphatic carbocycles. The molecule has 0 amide bonds. The predicted octanol–water partition coefficient (Wildman–Crippen LogP) is 18.7. The molecular formula is C59H106O6. The molecule has 0 aromatic heterocycles. The highest BCUT2D eigenvalue weighted by Gasteiger charge is 2.19. The topological polar surface area (TPSA) is 78.9 Å². The van der Waals surface area contributed by atoms with E-state index >= 15 is 0 Å². The molecule has 6 nitrogen and oxygen atoms in total. The van der Waals surface area contributed by atoms with Crippen LogP contribution in [0.2, 0.25) is 0 Å². The minimum absolute atomic E-state index is 0.0840. The van der Waals surface area contributed by atoms with Gasteiger partial charge in [-0.1, -0.05) is 236 Å². The molecule has 0 N–H and O–H groups in total. The molecule has 0 aromatic carbocycles. The van der Waals surface area contributed by atoms with E-state index in [0.717, 1.165) is 70.6 Å². The summed E-state index contributed by atoms with van der Waals surface area (Å²) < 4.78 is 16.8. The number of esters is 3. The van der Waals surface area contributed by atoms with Gasteiger partial charge in [-0.05, 0) is 83.5 Å². The number of hydrogen-bond donors (Lipinski definition) is 0. The first-order valence-corrected chi connectivity index (χ1v) is 28.1. The number of allylic oxidation sites excluding steroid dienone is 8. The highest BCUT2D eigenvalue weighted by atomic mass is 16.6. The fourth-order valence-electron chi connectivity index (χ4n) is 8.03. The van der Waals surface area contributed by atoms with Crippen LogP contribution in [0.25, 0.3) is 0 Å². The van der Waals surface area contributed by atoms with Gasteiger partial charge in [0, 0.05) is 19.3 Å². The van der Waals surface area contributed by atoms with Gasteiger partial charge >= 0.3 is 17.9 Å². The van der Waals surface area contributed by atoms with Crippen molar-refractivity contribution in [1.29, 1.82) is 0 Å². The van der Waals surface area contributed by atoms with Crippen LogP contribution in [0.1, 0.15) is 290 Å². The average Bonchev–Trinajstić information content (AvgIpc) is 3.30. The van der Waals surface area contributed by atoms with E-state index in [1.165, 1.54) is 180 Å². The van der Waals surface area contributed by atoms with Crippen molar-refractivity contribution in [3.8, 4) is 0 Å². The van der Waals surface area contributed by atoms with Gasteiger partial charge in [0.15, 0.2) is 6.10 Å². The second-order valence-corrected chi connectivity index (χ2v) is 18.8. The van der Waals surface area contributed by atoms with Crippen LogP contribution in [0.15, 0.2) is 48.6 Å². The Hall–Kier alpha value is -2.63. The summed E-state index contributed by atoms with van der Waals surface area (Å²) >= 11 is 0. The number of unbranched alkanes of at least 4 members (excludes halogenated alkanes) is 32. The lowest BCUT2D eigenvalue weighted by Crippen LogP contribution is -2.30. The van der Waals surface area contributed by atoms with E-state index < -0.39 is 6.10 Å². The van der Waals surface area contributed by atoms with Crippen molar-refractivity contribution in [1.82, 2.24) is 0 Å². The van der Waals surface area contributed by atoms with Crippen molar-refractivity contribution in [3.63, 3.8) is 0 Å². The number of rotatable bonds is 51. The van der Waals surface area contributed by atoms with Crippen LogP contribution in [0, 0.1) is 0 Å². The zero-order chi connectivity index (χ0) is 47.2. The van der Waals surface area contributed by atoms with Gasteiger partial charge in [0.2, 0.25) is 0 Å². The molecule has 0 saturated heterocycles. The highest BCUT2D eigenvalue weighted by Crippen LogP contribution is 2.16. The van der Waals surface area contributed by atoms with Gasteiger partial charge < -0.3 is 14.2 Å². The molecule has 378 valence electrons. The summed E-state index contributed by atoms with van der Waals surface area (Å²) in [4.78, 5) is 38.1. The molecule has 6 heteroatoms. The van der Waals surface area contributed by atoms with Crippen molar-refractivity contribution >= 4 is 17.9 Å². The summed E-state index contributed by atoms with van der Waals surface area (Å²) in [6.07, 6.45) is 65.3. The maximum Gasteiger partial charge on any atom is 0.306 e. The minimum Gasteiger partial charge on any atom is -0.462 e. The van der Waals surface area contributed by atoms with Crippen LogP contribution >= 0.6 is 0 Å². The molecule has 0 fully saturated rings. The second kappa shape index (κ2) is 54.0. The lowest BCUT2D eigenvalue weighted by atomic mass is 10.0. The third-order valence-electron chi connectivity index (χ3n) is 12.3. The van der Waals surface area contributed by atoms with Crippen molar-refractivity contribution in [2.24, 2.45) is 0 Å². The van der Waals surface area contributed by atoms with E-state index in [1.807, 2.05) is 0 Å². The van der Waals surface area contributed by atoms with E-state index in [9.17, 15) is 14.4 Å². The van der Waals surface area contributed by atoms with E-state index in [1.54, 1.807) is 0 Å². The third-order valence-corrected chi connectivity index (χ3v) is 12.3. The summed E-state index contributed by atoms with van der Waals surface area (Å²) in [5.74, 6) is -0.916. The molecule has 0 rings (SSSR count). The van der Waals surface area contributed by atoms with Crippen molar-refractivity contribution in [2.45, 2.75) is 297 Å². The second-order valence-electron chi connectivity index (χ2n) is 18.8. The van der Waals surface area contributed by atoms with Gasteiger partial charge in [0.25, 0.3) is 0 Å². The normalized spacial score (nSPS) is 12.4. The van der Waals surface area contributed by atoms with Gasteiger partial charge in [0.05, 0.1) is 0 Å². The van der Waals surface area contributed by atoms with Crippen LogP contribution in [0.4, 0.5) is 0 Å². The highest BCUT2D eigenvalue weighted by molar-refractivity contribution is 5.71. The molecule has 0 aliphatic heterocycles. The lowest BCUT2D eigenvalue weighted by molar-refractivity contribution is -0.167. The van der Waals surface area contributed by atoms with E-state index in [4.69, 9.17) is 14.2 Å². The van der Waals surface area contributed by atoms with E-state index in [-0.39, 0.29) is 31.1 Å². The summed E-state index contributed by atoms with van der Waals surface area (Å²) in [5, 5.41) is 0. The molecule has 0 bridgehead atoms. The minimum atomic E-state index is -0.788. The number of hydrogen-bond acceptors (Lipinski definition) is 6.